The quantitative estimate of drug-likeness (QED) is 0.764. The first kappa shape index (κ1) is 18.7. The molecule has 0 saturated heterocycles. The van der Waals surface area contributed by atoms with Crippen LogP contribution in [0.25, 0.3) is 0 Å². The fourth-order valence-electron chi connectivity index (χ4n) is 2.24. The SMILES string of the molecule is CC(C)OC(=O)C[C@H](NC(=O)Nc1cccnc1)c1ccccc1Cl. The van der Waals surface area contributed by atoms with E-state index in [0.717, 1.165) is 0 Å². The Balaban J connectivity index is 2.12. The average Bonchev–Trinajstić information content (AvgIpc) is 2.54. The number of rotatable bonds is 6. The summed E-state index contributed by atoms with van der Waals surface area (Å²) in [6, 6.07) is 9.39. The molecule has 1 atom stereocenters. The number of pyridine rings is 1. The molecule has 132 valence electrons. The van der Waals surface area contributed by atoms with Gasteiger partial charge in [-0.2, -0.15) is 0 Å². The van der Waals surface area contributed by atoms with Crippen LogP contribution in [0.4, 0.5) is 10.5 Å². The summed E-state index contributed by atoms with van der Waals surface area (Å²) in [5, 5.41) is 5.90. The Labute approximate surface area is 151 Å². The van der Waals surface area contributed by atoms with E-state index in [9.17, 15) is 9.59 Å². The minimum atomic E-state index is -0.614. The molecule has 1 aromatic carbocycles. The van der Waals surface area contributed by atoms with Crippen molar-refractivity contribution in [2.24, 2.45) is 0 Å². The van der Waals surface area contributed by atoms with Gasteiger partial charge in [-0.15, -0.1) is 0 Å². The highest BCUT2D eigenvalue weighted by Crippen LogP contribution is 2.25. The van der Waals surface area contributed by atoms with Crippen molar-refractivity contribution in [3.8, 4) is 0 Å². The number of ether oxygens (including phenoxy) is 1. The maximum absolute atomic E-state index is 12.3. The molecule has 0 radical (unpaired) electrons. The van der Waals surface area contributed by atoms with E-state index in [-0.39, 0.29) is 12.5 Å². The topological polar surface area (TPSA) is 80.3 Å². The molecule has 0 bridgehead atoms. The Kier molecular flexibility index (Phi) is 6.77. The molecule has 0 aliphatic carbocycles. The number of nitrogens with one attached hydrogen (secondary N) is 2. The van der Waals surface area contributed by atoms with Gasteiger partial charge in [0, 0.05) is 11.2 Å². The van der Waals surface area contributed by atoms with E-state index < -0.39 is 18.0 Å². The number of hydrogen-bond donors (Lipinski definition) is 2. The van der Waals surface area contributed by atoms with Crippen molar-refractivity contribution in [3.63, 3.8) is 0 Å². The lowest BCUT2D eigenvalue weighted by molar-refractivity contribution is -0.147. The van der Waals surface area contributed by atoms with E-state index in [1.807, 2.05) is 0 Å². The van der Waals surface area contributed by atoms with Gasteiger partial charge in [0.05, 0.1) is 30.5 Å². The summed E-state index contributed by atoms with van der Waals surface area (Å²) in [5.41, 5.74) is 1.19. The van der Waals surface area contributed by atoms with Crippen molar-refractivity contribution in [3.05, 3.63) is 59.4 Å². The minimum Gasteiger partial charge on any atom is -0.463 e. The number of amides is 2. The molecule has 6 nitrogen and oxygen atoms in total. The highest BCUT2D eigenvalue weighted by Gasteiger charge is 2.22. The average molecular weight is 362 g/mol. The van der Waals surface area contributed by atoms with Gasteiger partial charge in [-0.25, -0.2) is 4.79 Å². The number of carbonyl (C=O) groups excluding carboxylic acids is 2. The van der Waals surface area contributed by atoms with Gasteiger partial charge in [-0.3, -0.25) is 9.78 Å². The smallest absolute Gasteiger partial charge is 0.319 e. The van der Waals surface area contributed by atoms with Crippen LogP contribution in [-0.4, -0.2) is 23.1 Å². The first-order valence-electron chi connectivity index (χ1n) is 7.87. The van der Waals surface area contributed by atoms with Gasteiger partial charge in [0.15, 0.2) is 0 Å². The van der Waals surface area contributed by atoms with E-state index >= 15 is 0 Å². The van der Waals surface area contributed by atoms with E-state index in [1.54, 1.807) is 56.4 Å². The third-order valence-electron chi connectivity index (χ3n) is 3.24. The number of esters is 1. The zero-order chi connectivity index (χ0) is 18.2. The van der Waals surface area contributed by atoms with Gasteiger partial charge < -0.3 is 15.4 Å². The second-order valence-electron chi connectivity index (χ2n) is 5.66. The third kappa shape index (κ3) is 6.08. The molecule has 25 heavy (non-hydrogen) atoms. The van der Waals surface area contributed by atoms with Gasteiger partial charge >= 0.3 is 12.0 Å². The lowest BCUT2D eigenvalue weighted by atomic mass is 10.0. The normalized spacial score (nSPS) is 11.7. The van der Waals surface area contributed by atoms with Gasteiger partial charge in [-0.1, -0.05) is 29.8 Å². The van der Waals surface area contributed by atoms with Crippen molar-refractivity contribution < 1.29 is 14.3 Å². The standard InChI is InChI=1S/C18H20ClN3O3/c1-12(2)25-17(23)10-16(14-7-3-4-8-15(14)19)22-18(24)21-13-6-5-9-20-11-13/h3-9,11-12,16H,10H2,1-2H3,(H2,21,22,24)/t16-/m0/s1. The summed E-state index contributed by atoms with van der Waals surface area (Å²) in [7, 11) is 0. The predicted molar refractivity (Wildman–Crippen MR) is 96.4 cm³/mol. The molecule has 2 N–H and O–H groups in total. The Hall–Kier alpha value is -2.60. The zero-order valence-corrected chi connectivity index (χ0v) is 14.8. The van der Waals surface area contributed by atoms with Crippen LogP contribution >= 0.6 is 11.6 Å². The number of anilines is 1. The molecule has 1 heterocycles. The molecule has 0 unspecified atom stereocenters. The van der Waals surface area contributed by atoms with Crippen molar-refractivity contribution >= 4 is 29.3 Å². The Morgan fingerprint density at radius 2 is 1.96 bits per heavy atom. The van der Waals surface area contributed by atoms with Gasteiger partial charge in [0.25, 0.3) is 0 Å². The Bertz CT molecular complexity index is 723. The molecule has 0 fully saturated rings. The number of aromatic nitrogens is 1. The third-order valence-corrected chi connectivity index (χ3v) is 3.59. The largest absolute Gasteiger partial charge is 0.463 e. The molecule has 0 aliphatic heterocycles. The number of nitrogens with zero attached hydrogens (tertiary/aromatic N) is 1. The molecule has 1 aromatic heterocycles. The first-order valence-corrected chi connectivity index (χ1v) is 8.25. The van der Waals surface area contributed by atoms with E-state index in [2.05, 4.69) is 15.6 Å². The van der Waals surface area contributed by atoms with Crippen LogP contribution in [-0.2, 0) is 9.53 Å². The molecule has 2 amide bonds. The number of halogens is 1. The van der Waals surface area contributed by atoms with Crippen molar-refractivity contribution in [2.75, 3.05) is 5.32 Å². The molecule has 0 aliphatic rings. The van der Waals surface area contributed by atoms with Gasteiger partial charge in [0.2, 0.25) is 0 Å². The van der Waals surface area contributed by atoms with Gasteiger partial charge in [0.1, 0.15) is 0 Å². The molecular weight excluding hydrogens is 342 g/mol. The van der Waals surface area contributed by atoms with Gasteiger partial charge in [-0.05, 0) is 37.6 Å². The number of benzene rings is 1. The summed E-state index contributed by atoms with van der Waals surface area (Å²) in [6.07, 6.45) is 2.88. The minimum absolute atomic E-state index is 0.0254. The maximum atomic E-state index is 12.3. The highest BCUT2D eigenvalue weighted by molar-refractivity contribution is 6.31. The van der Waals surface area contributed by atoms with E-state index in [4.69, 9.17) is 16.3 Å². The Morgan fingerprint density at radius 1 is 1.20 bits per heavy atom. The molecule has 0 saturated carbocycles. The van der Waals surface area contributed by atoms with Crippen molar-refractivity contribution in [1.82, 2.24) is 10.3 Å². The van der Waals surface area contributed by atoms with Crippen LogP contribution in [0.1, 0.15) is 31.9 Å². The summed E-state index contributed by atoms with van der Waals surface area (Å²) in [6.45, 7) is 3.54. The summed E-state index contributed by atoms with van der Waals surface area (Å²) >= 11 is 6.22. The molecule has 2 aromatic rings. The van der Waals surface area contributed by atoms with E-state index in [1.165, 1.54) is 6.20 Å². The summed E-state index contributed by atoms with van der Waals surface area (Å²) in [5.74, 6) is -0.415. The molecular formula is C18H20ClN3O3. The summed E-state index contributed by atoms with van der Waals surface area (Å²) in [4.78, 5) is 28.2. The maximum Gasteiger partial charge on any atom is 0.319 e. The van der Waals surface area contributed by atoms with Crippen LogP contribution in [0.3, 0.4) is 0 Å². The van der Waals surface area contributed by atoms with Crippen LogP contribution in [0.15, 0.2) is 48.8 Å². The second kappa shape index (κ2) is 9.03. The molecule has 2 rings (SSSR count). The van der Waals surface area contributed by atoms with Crippen molar-refractivity contribution in [2.45, 2.75) is 32.4 Å². The second-order valence-corrected chi connectivity index (χ2v) is 6.06. The Morgan fingerprint density at radius 3 is 2.60 bits per heavy atom. The van der Waals surface area contributed by atoms with E-state index in [0.29, 0.717) is 16.3 Å². The van der Waals surface area contributed by atoms with Crippen LogP contribution in [0, 0.1) is 0 Å². The highest BCUT2D eigenvalue weighted by atomic mass is 35.5. The lowest BCUT2D eigenvalue weighted by Crippen LogP contribution is -2.34. The molecule has 7 heteroatoms. The fraction of sp³-hybridized carbons (Fsp3) is 0.278. The number of hydrogen-bond acceptors (Lipinski definition) is 4. The first-order chi connectivity index (χ1) is 12.0. The van der Waals surface area contributed by atoms with Crippen LogP contribution in [0.2, 0.25) is 5.02 Å². The number of urea groups is 1. The monoisotopic (exact) mass is 361 g/mol. The molecule has 0 spiro atoms. The lowest BCUT2D eigenvalue weighted by Gasteiger charge is -2.20. The fourth-order valence-corrected chi connectivity index (χ4v) is 2.50. The van der Waals surface area contributed by atoms with Crippen LogP contribution in [0.5, 0.6) is 0 Å². The van der Waals surface area contributed by atoms with Crippen molar-refractivity contribution in [1.29, 1.82) is 0 Å². The summed E-state index contributed by atoms with van der Waals surface area (Å²) < 4.78 is 5.18. The van der Waals surface area contributed by atoms with Crippen LogP contribution < -0.4 is 10.6 Å². The predicted octanol–water partition coefficient (Wildman–Crippen LogP) is 3.94. The zero-order valence-electron chi connectivity index (χ0n) is 14.0. The number of carbonyl (C=O) groups is 2.